The average molecular weight is 407 g/mol. The Morgan fingerprint density at radius 3 is 2.31 bits per heavy atom. The summed E-state index contributed by atoms with van der Waals surface area (Å²) in [7, 11) is 0. The molecule has 0 aliphatic heterocycles. The number of aliphatic hydroxyl groups is 2. The van der Waals surface area contributed by atoms with Gasteiger partial charge in [-0.1, -0.05) is 27.7 Å². The smallest absolute Gasteiger partial charge is 0.306 e. The van der Waals surface area contributed by atoms with Crippen LogP contribution in [0.4, 0.5) is 0 Å². The molecule has 0 heterocycles. The van der Waals surface area contributed by atoms with Crippen molar-refractivity contribution in [2.75, 3.05) is 0 Å². The largest absolute Gasteiger partial charge is 0.481 e. The summed E-state index contributed by atoms with van der Waals surface area (Å²) in [4.78, 5) is 11.4. The fraction of sp³-hybridized carbons (Fsp3) is 0.960. The van der Waals surface area contributed by atoms with Crippen molar-refractivity contribution in [1.29, 1.82) is 0 Å². The molecule has 0 saturated heterocycles. The Kier molecular flexibility index (Phi) is 5.60. The van der Waals surface area contributed by atoms with Crippen LogP contribution in [0, 0.1) is 52.3 Å². The first kappa shape index (κ1) is 21.6. The van der Waals surface area contributed by atoms with Crippen LogP contribution in [0.5, 0.6) is 0 Å². The number of hydrogen-bond acceptors (Lipinski definition) is 3. The van der Waals surface area contributed by atoms with Gasteiger partial charge >= 0.3 is 5.97 Å². The molecule has 0 radical (unpaired) electrons. The van der Waals surface area contributed by atoms with E-state index in [4.69, 9.17) is 0 Å². The van der Waals surface area contributed by atoms with E-state index in [1.54, 1.807) is 0 Å². The summed E-state index contributed by atoms with van der Waals surface area (Å²) >= 11 is 0. The molecule has 4 nitrogen and oxygen atoms in total. The first-order valence-corrected chi connectivity index (χ1v) is 12.2. The molecule has 0 aromatic rings. The lowest BCUT2D eigenvalue weighted by Crippen LogP contribution is -2.58. The lowest BCUT2D eigenvalue weighted by molar-refractivity contribution is -0.174. The molecular formula is C25H42O4. The van der Waals surface area contributed by atoms with Crippen molar-refractivity contribution in [2.24, 2.45) is 52.3 Å². The molecule has 4 rings (SSSR count). The Labute approximate surface area is 176 Å². The minimum atomic E-state index is -0.679. The van der Waals surface area contributed by atoms with Gasteiger partial charge in [0.25, 0.3) is 0 Å². The second-order valence-corrected chi connectivity index (χ2v) is 11.9. The highest BCUT2D eigenvalue weighted by Crippen LogP contribution is 2.68. The molecule has 4 fully saturated rings. The van der Waals surface area contributed by atoms with Crippen molar-refractivity contribution < 1.29 is 20.1 Å². The standard InChI is InChI=1S/C25H42O4/c1-14(11-15(2)23(28)29)18-5-6-19-22-20(8-10-25(18,19)4)24(3)9-7-17(26)12-16(24)13-21(22)27/h14-22,26-27H,5-13H2,1-4H3,(H,28,29)/t14-,15+,16+,17-,18-,19+,20+,21+,22+,24+,25-/m1/s1. The van der Waals surface area contributed by atoms with Crippen molar-refractivity contribution in [3.63, 3.8) is 0 Å². The molecule has 4 saturated carbocycles. The van der Waals surface area contributed by atoms with Gasteiger partial charge in [-0.25, -0.2) is 0 Å². The third-order valence-corrected chi connectivity index (χ3v) is 10.6. The van der Waals surface area contributed by atoms with Crippen LogP contribution in [0.3, 0.4) is 0 Å². The van der Waals surface area contributed by atoms with Gasteiger partial charge in [0.2, 0.25) is 0 Å². The number of aliphatic carboxylic acids is 1. The van der Waals surface area contributed by atoms with Gasteiger partial charge in [-0.05, 0) is 104 Å². The van der Waals surface area contributed by atoms with Crippen LogP contribution in [0.1, 0.15) is 85.5 Å². The Balaban J connectivity index is 1.56. The predicted molar refractivity (Wildman–Crippen MR) is 113 cm³/mol. The van der Waals surface area contributed by atoms with Crippen molar-refractivity contribution in [2.45, 2.75) is 97.7 Å². The Morgan fingerprint density at radius 2 is 1.62 bits per heavy atom. The van der Waals surface area contributed by atoms with E-state index < -0.39 is 5.97 Å². The molecule has 0 spiro atoms. The number of rotatable bonds is 4. The van der Waals surface area contributed by atoms with Gasteiger partial charge in [0.15, 0.2) is 0 Å². The fourth-order valence-corrected chi connectivity index (χ4v) is 9.00. The van der Waals surface area contributed by atoms with E-state index in [9.17, 15) is 20.1 Å². The Bertz CT molecular complexity index is 634. The molecule has 166 valence electrons. The molecule has 3 N–H and O–H groups in total. The van der Waals surface area contributed by atoms with E-state index in [-0.39, 0.29) is 29.0 Å². The molecule has 0 aromatic heterocycles. The summed E-state index contributed by atoms with van der Waals surface area (Å²) in [6.07, 6.45) is 8.87. The zero-order valence-corrected chi connectivity index (χ0v) is 18.8. The van der Waals surface area contributed by atoms with Crippen LogP contribution in [0.25, 0.3) is 0 Å². The highest BCUT2D eigenvalue weighted by molar-refractivity contribution is 5.69. The maximum atomic E-state index is 11.4. The highest BCUT2D eigenvalue weighted by atomic mass is 16.4. The second kappa shape index (κ2) is 7.51. The number of fused-ring (bicyclic) bond motifs is 5. The lowest BCUT2D eigenvalue weighted by atomic mass is 9.43. The molecule has 0 bridgehead atoms. The van der Waals surface area contributed by atoms with Crippen LogP contribution < -0.4 is 0 Å². The maximum Gasteiger partial charge on any atom is 0.306 e. The zero-order chi connectivity index (χ0) is 21.1. The number of carbonyl (C=O) groups is 1. The van der Waals surface area contributed by atoms with Gasteiger partial charge in [0.1, 0.15) is 0 Å². The monoisotopic (exact) mass is 406 g/mol. The number of hydrogen-bond donors (Lipinski definition) is 3. The minimum Gasteiger partial charge on any atom is -0.481 e. The summed E-state index contributed by atoms with van der Waals surface area (Å²) in [5, 5.41) is 30.9. The maximum absolute atomic E-state index is 11.4. The van der Waals surface area contributed by atoms with Gasteiger partial charge in [-0.2, -0.15) is 0 Å². The molecule has 4 aliphatic rings. The second-order valence-electron chi connectivity index (χ2n) is 11.9. The molecule has 4 heteroatoms. The molecule has 0 aromatic carbocycles. The molecular weight excluding hydrogens is 364 g/mol. The summed E-state index contributed by atoms with van der Waals surface area (Å²) < 4.78 is 0. The van der Waals surface area contributed by atoms with Crippen LogP contribution in [-0.4, -0.2) is 33.5 Å². The van der Waals surface area contributed by atoms with Crippen LogP contribution in [0.2, 0.25) is 0 Å². The highest BCUT2D eigenvalue weighted by Gasteiger charge is 2.62. The van der Waals surface area contributed by atoms with E-state index in [0.29, 0.717) is 35.5 Å². The SMILES string of the molecule is C[C@H](C[C@H](C)C(=O)O)[C@H]1CC[C@H]2[C@@H]3[C@@H](O)C[C@@H]4C[C@H](O)CC[C@]4(C)[C@H]3CC[C@]12C. The summed E-state index contributed by atoms with van der Waals surface area (Å²) in [5.41, 5.74) is 0.503. The van der Waals surface area contributed by atoms with Gasteiger partial charge in [0, 0.05) is 0 Å². The lowest BCUT2D eigenvalue weighted by Gasteiger charge is -2.62. The van der Waals surface area contributed by atoms with Crippen molar-refractivity contribution in [3.05, 3.63) is 0 Å². The van der Waals surface area contributed by atoms with E-state index in [0.717, 1.165) is 32.1 Å². The molecule has 0 amide bonds. The van der Waals surface area contributed by atoms with Gasteiger partial charge in [-0.3, -0.25) is 4.79 Å². The van der Waals surface area contributed by atoms with Crippen LogP contribution in [-0.2, 0) is 4.79 Å². The molecule has 11 atom stereocenters. The van der Waals surface area contributed by atoms with E-state index in [2.05, 4.69) is 20.8 Å². The Hall–Kier alpha value is -0.610. The number of carboxylic acids is 1. The Morgan fingerprint density at radius 1 is 0.966 bits per heavy atom. The third kappa shape index (κ3) is 3.37. The van der Waals surface area contributed by atoms with Gasteiger partial charge in [-0.15, -0.1) is 0 Å². The summed E-state index contributed by atoms with van der Waals surface area (Å²) in [5.74, 6) is 2.02. The number of aliphatic hydroxyl groups excluding tert-OH is 2. The van der Waals surface area contributed by atoms with Crippen LogP contribution >= 0.6 is 0 Å². The normalized spacial score (nSPS) is 51.4. The fourth-order valence-electron chi connectivity index (χ4n) is 9.00. The summed E-state index contributed by atoms with van der Waals surface area (Å²) in [6.45, 7) is 9.02. The summed E-state index contributed by atoms with van der Waals surface area (Å²) in [6, 6.07) is 0. The predicted octanol–water partition coefficient (Wildman–Crippen LogP) is 4.72. The average Bonchev–Trinajstić information content (AvgIpc) is 3.00. The zero-order valence-electron chi connectivity index (χ0n) is 18.8. The van der Waals surface area contributed by atoms with E-state index in [1.165, 1.54) is 25.7 Å². The molecule has 29 heavy (non-hydrogen) atoms. The van der Waals surface area contributed by atoms with Gasteiger partial charge in [0.05, 0.1) is 18.1 Å². The molecule has 0 unspecified atom stereocenters. The van der Waals surface area contributed by atoms with Crippen molar-refractivity contribution >= 4 is 5.97 Å². The van der Waals surface area contributed by atoms with Gasteiger partial charge < -0.3 is 15.3 Å². The first-order valence-electron chi connectivity index (χ1n) is 12.2. The quantitative estimate of drug-likeness (QED) is 0.631. The van der Waals surface area contributed by atoms with E-state index >= 15 is 0 Å². The van der Waals surface area contributed by atoms with Crippen molar-refractivity contribution in [1.82, 2.24) is 0 Å². The van der Waals surface area contributed by atoms with E-state index in [1.807, 2.05) is 6.92 Å². The van der Waals surface area contributed by atoms with Crippen molar-refractivity contribution in [3.8, 4) is 0 Å². The topological polar surface area (TPSA) is 77.8 Å². The third-order valence-electron chi connectivity index (χ3n) is 10.6. The van der Waals surface area contributed by atoms with Crippen LogP contribution in [0.15, 0.2) is 0 Å². The first-order chi connectivity index (χ1) is 13.6. The molecule has 4 aliphatic carbocycles. The number of carboxylic acid groups (broad SMARTS) is 1. The minimum absolute atomic E-state index is 0.182.